The molecule has 0 saturated carbocycles. The number of nitrogens with zero attached hydrogens (tertiary/aromatic N) is 3. The molecule has 0 atom stereocenters. The molecule has 0 fully saturated rings. The lowest BCUT2D eigenvalue weighted by Gasteiger charge is -1.99. The van der Waals surface area contributed by atoms with Crippen LogP contribution in [-0.2, 0) is 0 Å². The number of hydrogen-bond acceptors (Lipinski definition) is 3. The first-order chi connectivity index (χ1) is 6.75. The third-order valence-electron chi connectivity index (χ3n) is 1.61. The summed E-state index contributed by atoms with van der Waals surface area (Å²) in [6.07, 6.45) is 0. The van der Waals surface area contributed by atoms with Gasteiger partial charge in [-0.25, -0.2) is 4.98 Å². The number of aromatic nitrogens is 3. The highest BCUT2D eigenvalue weighted by Gasteiger charge is 2.04. The monoisotopic (exact) mass is 317 g/mol. The fourth-order valence-corrected chi connectivity index (χ4v) is 1.80. The largest absolute Gasteiger partial charge is 0.226 e. The van der Waals surface area contributed by atoms with Crippen molar-refractivity contribution in [2.75, 3.05) is 0 Å². The van der Waals surface area contributed by atoms with Crippen LogP contribution in [0.5, 0.6) is 0 Å². The molecule has 3 nitrogen and oxygen atoms in total. The van der Waals surface area contributed by atoms with Crippen molar-refractivity contribution >= 4 is 34.2 Å². The van der Waals surface area contributed by atoms with E-state index in [0.29, 0.717) is 9.66 Å². The van der Waals surface area contributed by atoms with Crippen LogP contribution in [-0.4, -0.2) is 15.0 Å². The molecular formula is C9H5ClIN3. The van der Waals surface area contributed by atoms with Crippen LogP contribution in [0.1, 0.15) is 0 Å². The van der Waals surface area contributed by atoms with Crippen LogP contribution in [0.2, 0.25) is 5.28 Å². The molecule has 0 bridgehead atoms. The second kappa shape index (κ2) is 4.18. The minimum absolute atomic E-state index is 0.225. The van der Waals surface area contributed by atoms with Crippen LogP contribution in [0.25, 0.3) is 11.4 Å². The number of hydrogen-bond donors (Lipinski definition) is 0. The predicted octanol–water partition coefficient (Wildman–Crippen LogP) is 2.80. The number of benzene rings is 1. The first-order valence-corrected chi connectivity index (χ1v) is 5.34. The van der Waals surface area contributed by atoms with Gasteiger partial charge in [0.1, 0.15) is 0 Å². The third-order valence-corrected chi connectivity index (χ3v) is 2.26. The molecule has 0 aliphatic heterocycles. The van der Waals surface area contributed by atoms with Crippen LogP contribution >= 0.6 is 34.2 Å². The molecule has 0 N–H and O–H groups in total. The highest BCUT2D eigenvalue weighted by Crippen LogP contribution is 2.16. The fourth-order valence-electron chi connectivity index (χ4n) is 1.04. The molecular weight excluding hydrogens is 312 g/mol. The van der Waals surface area contributed by atoms with Gasteiger partial charge < -0.3 is 0 Å². The Kier molecular flexibility index (Phi) is 2.93. The van der Waals surface area contributed by atoms with E-state index < -0.39 is 0 Å². The topological polar surface area (TPSA) is 38.7 Å². The van der Waals surface area contributed by atoms with Gasteiger partial charge in [-0.15, -0.1) is 0 Å². The van der Waals surface area contributed by atoms with Gasteiger partial charge in [-0.05, 0) is 11.6 Å². The van der Waals surface area contributed by atoms with Gasteiger partial charge in [0.05, 0.1) is 0 Å². The molecule has 5 heteroatoms. The second-order valence-corrected chi connectivity index (χ2v) is 3.87. The predicted molar refractivity (Wildman–Crippen MR) is 63.0 cm³/mol. The lowest BCUT2D eigenvalue weighted by molar-refractivity contribution is 1.02. The average molecular weight is 318 g/mol. The lowest BCUT2D eigenvalue weighted by Crippen LogP contribution is -1.95. The van der Waals surface area contributed by atoms with Gasteiger partial charge in [-0.3, -0.25) is 0 Å². The van der Waals surface area contributed by atoms with E-state index in [1.54, 1.807) is 0 Å². The standard InChI is InChI=1S/C9H5ClIN3/c10-8-12-7(13-9(11)14-8)6-4-2-1-3-5-6/h1-5H. The Bertz CT molecular complexity index is 427. The van der Waals surface area contributed by atoms with Crippen molar-refractivity contribution in [2.45, 2.75) is 0 Å². The van der Waals surface area contributed by atoms with Gasteiger partial charge in [-0.1, -0.05) is 30.3 Å². The first kappa shape index (κ1) is 9.79. The smallest absolute Gasteiger partial charge is 0.203 e. The van der Waals surface area contributed by atoms with Crippen LogP contribution < -0.4 is 0 Å². The Morgan fingerprint density at radius 3 is 2.36 bits per heavy atom. The van der Waals surface area contributed by atoms with E-state index in [9.17, 15) is 0 Å². The summed E-state index contributed by atoms with van der Waals surface area (Å²) in [6, 6.07) is 9.67. The van der Waals surface area contributed by atoms with E-state index in [2.05, 4.69) is 15.0 Å². The van der Waals surface area contributed by atoms with Crippen molar-refractivity contribution in [3.63, 3.8) is 0 Å². The zero-order valence-electron chi connectivity index (χ0n) is 6.98. The van der Waals surface area contributed by atoms with Crippen LogP contribution in [0.15, 0.2) is 30.3 Å². The molecule has 1 heterocycles. The summed E-state index contributed by atoms with van der Waals surface area (Å²) in [7, 11) is 0. The van der Waals surface area contributed by atoms with Crippen molar-refractivity contribution < 1.29 is 0 Å². The molecule has 1 aromatic carbocycles. The molecule has 14 heavy (non-hydrogen) atoms. The minimum atomic E-state index is 0.225. The molecule has 0 aliphatic rings. The molecule has 2 aromatic rings. The highest BCUT2D eigenvalue weighted by atomic mass is 127. The Balaban J connectivity index is 2.52. The highest BCUT2D eigenvalue weighted by molar-refractivity contribution is 14.1. The van der Waals surface area contributed by atoms with E-state index in [1.807, 2.05) is 52.9 Å². The van der Waals surface area contributed by atoms with Crippen LogP contribution in [0.3, 0.4) is 0 Å². The molecule has 0 radical (unpaired) electrons. The summed E-state index contributed by atoms with van der Waals surface area (Å²) in [5, 5.41) is 0.225. The Morgan fingerprint density at radius 1 is 1.00 bits per heavy atom. The molecule has 0 saturated heterocycles. The SMILES string of the molecule is Clc1nc(I)nc(-c2ccccc2)n1. The fraction of sp³-hybridized carbons (Fsp3) is 0. The quantitative estimate of drug-likeness (QED) is 0.759. The van der Waals surface area contributed by atoms with Crippen molar-refractivity contribution in [1.29, 1.82) is 0 Å². The maximum atomic E-state index is 5.73. The number of halogens is 2. The summed E-state index contributed by atoms with van der Waals surface area (Å²) >= 11 is 7.74. The molecule has 0 spiro atoms. The average Bonchev–Trinajstić information content (AvgIpc) is 2.18. The summed E-state index contributed by atoms with van der Waals surface area (Å²) in [6.45, 7) is 0. The van der Waals surface area contributed by atoms with E-state index in [-0.39, 0.29) is 5.28 Å². The first-order valence-electron chi connectivity index (χ1n) is 3.88. The Morgan fingerprint density at radius 2 is 1.71 bits per heavy atom. The number of rotatable bonds is 1. The van der Waals surface area contributed by atoms with Crippen LogP contribution in [0, 0.1) is 3.83 Å². The van der Waals surface area contributed by atoms with Gasteiger partial charge in [0.2, 0.25) is 5.28 Å². The van der Waals surface area contributed by atoms with E-state index in [4.69, 9.17) is 11.6 Å². The molecule has 0 amide bonds. The van der Waals surface area contributed by atoms with Crippen molar-refractivity contribution in [2.24, 2.45) is 0 Å². The molecule has 0 unspecified atom stereocenters. The van der Waals surface area contributed by atoms with Crippen LogP contribution in [0.4, 0.5) is 0 Å². The molecule has 2 rings (SSSR count). The van der Waals surface area contributed by atoms with E-state index in [1.165, 1.54) is 0 Å². The maximum Gasteiger partial charge on any atom is 0.226 e. The van der Waals surface area contributed by atoms with Gasteiger partial charge in [0.25, 0.3) is 0 Å². The van der Waals surface area contributed by atoms with E-state index >= 15 is 0 Å². The summed E-state index contributed by atoms with van der Waals surface area (Å²) < 4.78 is 0.599. The molecule has 1 aromatic heterocycles. The van der Waals surface area contributed by atoms with Crippen molar-refractivity contribution in [3.8, 4) is 11.4 Å². The normalized spacial score (nSPS) is 10.1. The summed E-state index contributed by atoms with van der Waals surface area (Å²) in [5.41, 5.74) is 0.940. The second-order valence-electron chi connectivity index (χ2n) is 2.56. The van der Waals surface area contributed by atoms with Gasteiger partial charge in [0, 0.05) is 28.2 Å². The summed E-state index contributed by atoms with van der Waals surface area (Å²) in [4.78, 5) is 12.1. The Labute approximate surface area is 99.7 Å². The zero-order valence-corrected chi connectivity index (χ0v) is 9.90. The minimum Gasteiger partial charge on any atom is -0.203 e. The third kappa shape index (κ3) is 2.19. The zero-order chi connectivity index (χ0) is 9.97. The van der Waals surface area contributed by atoms with Crippen molar-refractivity contribution in [1.82, 2.24) is 15.0 Å². The van der Waals surface area contributed by atoms with Gasteiger partial charge in [-0.2, -0.15) is 9.97 Å². The van der Waals surface area contributed by atoms with E-state index in [0.717, 1.165) is 5.56 Å². The molecule has 70 valence electrons. The summed E-state index contributed by atoms with van der Waals surface area (Å²) in [5.74, 6) is 0.606. The van der Waals surface area contributed by atoms with Crippen molar-refractivity contribution in [3.05, 3.63) is 39.4 Å². The Hall–Kier alpha value is -0.750. The molecule has 0 aliphatic carbocycles. The maximum absolute atomic E-state index is 5.73. The lowest BCUT2D eigenvalue weighted by atomic mass is 10.2. The van der Waals surface area contributed by atoms with Gasteiger partial charge >= 0.3 is 0 Å². The van der Waals surface area contributed by atoms with Gasteiger partial charge in [0.15, 0.2) is 9.66 Å².